The zero-order valence-corrected chi connectivity index (χ0v) is 7.16. The molecule has 0 bridgehead atoms. The maximum absolute atomic E-state index is 10.7. The molecule has 3 N–H and O–H groups in total. The van der Waals surface area contributed by atoms with Crippen LogP contribution >= 0.6 is 11.3 Å². The zero-order valence-electron chi connectivity index (χ0n) is 6.34. The Hall–Kier alpha value is -1.10. The number of rotatable bonds is 2. The van der Waals surface area contributed by atoms with Crippen LogP contribution in [-0.4, -0.2) is 17.9 Å². The lowest BCUT2D eigenvalue weighted by Gasteiger charge is -1.93. The molecule has 0 aliphatic carbocycles. The Bertz CT molecular complexity index is 281. The highest BCUT2D eigenvalue weighted by molar-refractivity contribution is 7.16. The summed E-state index contributed by atoms with van der Waals surface area (Å²) in [4.78, 5) is 14.7. The molecule has 1 heterocycles. The Morgan fingerprint density at radius 3 is 2.73 bits per heavy atom. The fraction of sp³-hybridized carbons (Fsp3) is 0.333. The third-order valence-electron chi connectivity index (χ3n) is 1.19. The van der Waals surface area contributed by atoms with Crippen LogP contribution in [0.4, 0.5) is 5.00 Å². The molecule has 0 aliphatic rings. The largest absolute Gasteiger partial charge is 0.378 e. The van der Waals surface area contributed by atoms with Crippen LogP contribution in [0, 0.1) is 6.92 Å². The van der Waals surface area contributed by atoms with Crippen molar-refractivity contribution < 1.29 is 4.79 Å². The molecule has 0 unspecified atom stereocenters. The molecule has 1 rings (SSSR count). The van der Waals surface area contributed by atoms with Crippen LogP contribution in [-0.2, 0) is 0 Å². The van der Waals surface area contributed by atoms with Gasteiger partial charge in [0.25, 0.3) is 5.91 Å². The van der Waals surface area contributed by atoms with E-state index in [-0.39, 0.29) is 0 Å². The molecule has 0 atom stereocenters. The Morgan fingerprint density at radius 2 is 2.36 bits per heavy atom. The van der Waals surface area contributed by atoms with E-state index in [1.807, 2.05) is 6.92 Å². The predicted octanol–water partition coefficient (Wildman–Crippen LogP) is 0.592. The van der Waals surface area contributed by atoms with E-state index in [1.54, 1.807) is 7.05 Å². The normalized spacial score (nSPS) is 9.64. The topological polar surface area (TPSA) is 68.0 Å². The van der Waals surface area contributed by atoms with E-state index in [0.29, 0.717) is 5.69 Å². The second-order valence-corrected chi connectivity index (χ2v) is 3.23. The minimum absolute atomic E-state index is 0.329. The van der Waals surface area contributed by atoms with Gasteiger partial charge >= 0.3 is 0 Å². The minimum atomic E-state index is -0.487. The molecule has 60 valence electrons. The van der Waals surface area contributed by atoms with Crippen LogP contribution in [0.3, 0.4) is 0 Å². The van der Waals surface area contributed by atoms with E-state index in [1.165, 1.54) is 11.3 Å². The number of aryl methyl sites for hydroxylation is 1. The van der Waals surface area contributed by atoms with Crippen molar-refractivity contribution in [3.05, 3.63) is 10.7 Å². The molecule has 11 heavy (non-hydrogen) atoms. The lowest BCUT2D eigenvalue weighted by molar-refractivity contribution is 0.0997. The number of hydrogen-bond donors (Lipinski definition) is 2. The number of carbonyl (C=O) groups is 1. The molecule has 5 heteroatoms. The maximum Gasteiger partial charge on any atom is 0.270 e. The summed E-state index contributed by atoms with van der Waals surface area (Å²) in [7, 11) is 1.74. The van der Waals surface area contributed by atoms with Crippen molar-refractivity contribution in [2.45, 2.75) is 6.92 Å². The highest BCUT2D eigenvalue weighted by Gasteiger charge is 2.11. The SMILES string of the molecule is CNc1sc(C)nc1C(N)=O. The first kappa shape index (κ1) is 8.00. The molecule has 4 nitrogen and oxygen atoms in total. The summed E-state index contributed by atoms with van der Waals surface area (Å²) < 4.78 is 0. The molecule has 0 aromatic carbocycles. The number of primary amides is 1. The molecule has 0 saturated carbocycles. The summed E-state index contributed by atoms with van der Waals surface area (Å²) in [5.74, 6) is -0.487. The van der Waals surface area contributed by atoms with Gasteiger partial charge in [0.05, 0.1) is 5.01 Å². The van der Waals surface area contributed by atoms with Crippen molar-refractivity contribution in [3.63, 3.8) is 0 Å². The van der Waals surface area contributed by atoms with E-state index >= 15 is 0 Å². The smallest absolute Gasteiger partial charge is 0.270 e. The summed E-state index contributed by atoms with van der Waals surface area (Å²) in [6.45, 7) is 1.83. The number of thiazole rings is 1. The van der Waals surface area contributed by atoms with Gasteiger partial charge < -0.3 is 11.1 Å². The average molecular weight is 171 g/mol. The van der Waals surface area contributed by atoms with Gasteiger partial charge in [-0.2, -0.15) is 0 Å². The number of anilines is 1. The number of hydrogen-bond acceptors (Lipinski definition) is 4. The number of nitrogens with zero attached hydrogens (tertiary/aromatic N) is 1. The quantitative estimate of drug-likeness (QED) is 0.684. The molecule has 1 aromatic heterocycles. The number of carbonyl (C=O) groups excluding carboxylic acids is 1. The average Bonchev–Trinajstić information content (AvgIpc) is 2.30. The van der Waals surface area contributed by atoms with Crippen LogP contribution in [0.25, 0.3) is 0 Å². The molecule has 0 radical (unpaired) electrons. The first-order valence-electron chi connectivity index (χ1n) is 3.10. The van der Waals surface area contributed by atoms with Crippen molar-refractivity contribution in [3.8, 4) is 0 Å². The Kier molecular flexibility index (Phi) is 2.09. The Morgan fingerprint density at radius 1 is 1.73 bits per heavy atom. The second-order valence-electron chi connectivity index (χ2n) is 2.02. The van der Waals surface area contributed by atoms with Gasteiger partial charge in [-0.1, -0.05) is 0 Å². The maximum atomic E-state index is 10.7. The van der Waals surface area contributed by atoms with Crippen molar-refractivity contribution in [1.29, 1.82) is 0 Å². The van der Waals surface area contributed by atoms with Gasteiger partial charge in [0, 0.05) is 7.05 Å². The number of aromatic nitrogens is 1. The standard InChI is InChI=1S/C6H9N3OS/c1-3-9-4(5(7)10)6(8-2)11-3/h8H,1-2H3,(H2,7,10). The van der Waals surface area contributed by atoms with Crippen molar-refractivity contribution in [2.75, 3.05) is 12.4 Å². The minimum Gasteiger partial charge on any atom is -0.378 e. The lowest BCUT2D eigenvalue weighted by Crippen LogP contribution is -2.13. The van der Waals surface area contributed by atoms with Crippen LogP contribution in [0.5, 0.6) is 0 Å². The molecule has 1 aromatic rings. The monoisotopic (exact) mass is 171 g/mol. The third kappa shape index (κ3) is 1.48. The van der Waals surface area contributed by atoms with E-state index in [0.717, 1.165) is 10.0 Å². The van der Waals surface area contributed by atoms with Crippen molar-refractivity contribution in [2.24, 2.45) is 5.73 Å². The predicted molar refractivity (Wildman–Crippen MR) is 44.9 cm³/mol. The summed E-state index contributed by atoms with van der Waals surface area (Å²) in [5.41, 5.74) is 5.40. The fourth-order valence-corrected chi connectivity index (χ4v) is 1.54. The highest BCUT2D eigenvalue weighted by Crippen LogP contribution is 2.22. The molecular weight excluding hydrogens is 162 g/mol. The number of nitrogens with two attached hydrogens (primary N) is 1. The number of nitrogens with one attached hydrogen (secondary N) is 1. The molecule has 0 aliphatic heterocycles. The first-order valence-corrected chi connectivity index (χ1v) is 3.91. The van der Waals surface area contributed by atoms with Gasteiger partial charge in [0.1, 0.15) is 5.00 Å². The zero-order chi connectivity index (χ0) is 8.43. The van der Waals surface area contributed by atoms with Gasteiger partial charge in [0.2, 0.25) is 0 Å². The van der Waals surface area contributed by atoms with E-state index in [9.17, 15) is 4.79 Å². The van der Waals surface area contributed by atoms with E-state index in [4.69, 9.17) is 5.73 Å². The Labute approximate surface area is 68.4 Å². The molecule has 0 saturated heterocycles. The fourth-order valence-electron chi connectivity index (χ4n) is 0.764. The molecule has 0 fully saturated rings. The summed E-state index contributed by atoms with van der Waals surface area (Å²) in [5, 5.41) is 4.42. The van der Waals surface area contributed by atoms with Crippen LogP contribution in [0.1, 0.15) is 15.5 Å². The molecular formula is C6H9N3OS. The van der Waals surface area contributed by atoms with Gasteiger partial charge in [0.15, 0.2) is 5.69 Å². The van der Waals surface area contributed by atoms with Crippen LogP contribution < -0.4 is 11.1 Å². The summed E-state index contributed by atoms with van der Waals surface area (Å²) in [6.07, 6.45) is 0. The first-order chi connectivity index (χ1) is 5.15. The summed E-state index contributed by atoms with van der Waals surface area (Å²) in [6, 6.07) is 0. The lowest BCUT2D eigenvalue weighted by atomic mass is 10.4. The van der Waals surface area contributed by atoms with E-state index < -0.39 is 5.91 Å². The third-order valence-corrected chi connectivity index (χ3v) is 2.18. The molecule has 0 spiro atoms. The number of amides is 1. The highest BCUT2D eigenvalue weighted by atomic mass is 32.1. The second kappa shape index (κ2) is 2.87. The van der Waals surface area contributed by atoms with Gasteiger partial charge in [-0.05, 0) is 6.92 Å². The van der Waals surface area contributed by atoms with Crippen LogP contribution in [0.2, 0.25) is 0 Å². The molecule has 1 amide bonds. The van der Waals surface area contributed by atoms with Gasteiger partial charge in [-0.3, -0.25) is 4.79 Å². The van der Waals surface area contributed by atoms with E-state index in [2.05, 4.69) is 10.3 Å². The summed E-state index contributed by atoms with van der Waals surface area (Å²) >= 11 is 1.42. The van der Waals surface area contributed by atoms with Crippen LogP contribution in [0.15, 0.2) is 0 Å². The van der Waals surface area contributed by atoms with Crippen molar-refractivity contribution >= 4 is 22.2 Å². The Balaban J connectivity index is 3.12. The van der Waals surface area contributed by atoms with Crippen molar-refractivity contribution in [1.82, 2.24) is 4.98 Å². The van der Waals surface area contributed by atoms with Gasteiger partial charge in [-0.15, -0.1) is 11.3 Å². The van der Waals surface area contributed by atoms with Gasteiger partial charge in [-0.25, -0.2) is 4.98 Å².